The second-order valence-corrected chi connectivity index (χ2v) is 4.40. The second-order valence-electron chi connectivity index (χ2n) is 4.40. The Labute approximate surface area is 117 Å². The fourth-order valence-electron chi connectivity index (χ4n) is 1.74. The number of halogens is 1. The van der Waals surface area contributed by atoms with Crippen molar-refractivity contribution in [1.29, 1.82) is 0 Å². The molecule has 1 aromatic heterocycles. The van der Waals surface area contributed by atoms with Crippen molar-refractivity contribution in [3.05, 3.63) is 71.8 Å². The van der Waals surface area contributed by atoms with Gasteiger partial charge in [-0.15, -0.1) is 0 Å². The van der Waals surface area contributed by atoms with Crippen LogP contribution in [0.3, 0.4) is 0 Å². The highest BCUT2D eigenvalue weighted by Gasteiger charge is 2.07. The Bertz CT molecular complexity index is 594. The fourth-order valence-corrected chi connectivity index (χ4v) is 1.74. The molecule has 2 rings (SSSR count). The quantitative estimate of drug-likeness (QED) is 0.867. The monoisotopic (exact) mass is 270 g/mol. The van der Waals surface area contributed by atoms with Gasteiger partial charge >= 0.3 is 0 Å². The maximum Gasteiger partial charge on any atom is 0.244 e. The predicted molar refractivity (Wildman–Crippen MR) is 76.2 cm³/mol. The summed E-state index contributed by atoms with van der Waals surface area (Å²) in [6.07, 6.45) is 6.50. The van der Waals surface area contributed by atoms with Crippen LogP contribution < -0.4 is 5.32 Å². The van der Waals surface area contributed by atoms with Crippen molar-refractivity contribution in [3.63, 3.8) is 0 Å². The van der Waals surface area contributed by atoms with Crippen LogP contribution in [0.25, 0.3) is 6.08 Å². The predicted octanol–water partition coefficient (Wildman–Crippen LogP) is 3.11. The average molecular weight is 270 g/mol. The van der Waals surface area contributed by atoms with Crippen LogP contribution in [-0.4, -0.2) is 10.9 Å². The molecule has 1 aromatic carbocycles. The summed E-state index contributed by atoms with van der Waals surface area (Å²) in [6.45, 7) is 1.85. The minimum absolute atomic E-state index is 0.179. The highest BCUT2D eigenvalue weighted by Crippen LogP contribution is 2.12. The number of carbonyl (C=O) groups excluding carboxylic acids is 1. The van der Waals surface area contributed by atoms with E-state index in [1.807, 2.05) is 13.0 Å². The number of nitrogens with one attached hydrogen (secondary N) is 1. The lowest BCUT2D eigenvalue weighted by molar-refractivity contribution is -0.117. The van der Waals surface area contributed by atoms with Gasteiger partial charge in [0.05, 0.1) is 6.04 Å². The SMILES string of the molecule is CC(NC(=O)/C=C/c1cccnc1)c1ccc(F)cc1. The van der Waals surface area contributed by atoms with Gasteiger partial charge in [-0.05, 0) is 42.3 Å². The van der Waals surface area contributed by atoms with Gasteiger partial charge < -0.3 is 5.32 Å². The van der Waals surface area contributed by atoms with Crippen molar-refractivity contribution < 1.29 is 9.18 Å². The molecule has 2 aromatic rings. The number of aromatic nitrogens is 1. The van der Waals surface area contributed by atoms with Crippen molar-refractivity contribution in [2.24, 2.45) is 0 Å². The van der Waals surface area contributed by atoms with Crippen LogP contribution >= 0.6 is 0 Å². The maximum atomic E-state index is 12.8. The largest absolute Gasteiger partial charge is 0.346 e. The number of hydrogen-bond acceptors (Lipinski definition) is 2. The molecule has 0 saturated carbocycles. The van der Waals surface area contributed by atoms with E-state index in [-0.39, 0.29) is 17.8 Å². The summed E-state index contributed by atoms with van der Waals surface area (Å²) in [5, 5.41) is 2.82. The molecule has 4 heteroatoms. The van der Waals surface area contributed by atoms with E-state index in [0.717, 1.165) is 11.1 Å². The van der Waals surface area contributed by atoms with E-state index in [4.69, 9.17) is 0 Å². The summed E-state index contributed by atoms with van der Waals surface area (Å²) in [7, 11) is 0. The van der Waals surface area contributed by atoms with E-state index in [2.05, 4.69) is 10.3 Å². The molecule has 0 bridgehead atoms. The third-order valence-corrected chi connectivity index (χ3v) is 2.84. The van der Waals surface area contributed by atoms with Crippen molar-refractivity contribution in [1.82, 2.24) is 10.3 Å². The van der Waals surface area contributed by atoms with Crippen molar-refractivity contribution in [2.45, 2.75) is 13.0 Å². The summed E-state index contributed by atoms with van der Waals surface area (Å²) in [5.74, 6) is -0.491. The third kappa shape index (κ3) is 4.02. The van der Waals surface area contributed by atoms with Gasteiger partial charge in [0.15, 0.2) is 0 Å². The van der Waals surface area contributed by atoms with Crippen LogP contribution in [0.1, 0.15) is 24.1 Å². The Kier molecular flexibility index (Phi) is 4.60. The molecule has 0 spiro atoms. The lowest BCUT2D eigenvalue weighted by atomic mass is 10.1. The van der Waals surface area contributed by atoms with E-state index >= 15 is 0 Å². The Hall–Kier alpha value is -2.49. The molecule has 0 aliphatic carbocycles. The van der Waals surface area contributed by atoms with Gasteiger partial charge in [-0.25, -0.2) is 4.39 Å². The maximum absolute atomic E-state index is 12.8. The van der Waals surface area contributed by atoms with Crippen LogP contribution in [0.5, 0.6) is 0 Å². The Balaban J connectivity index is 1.94. The van der Waals surface area contributed by atoms with E-state index < -0.39 is 0 Å². The Morgan fingerprint density at radius 1 is 1.30 bits per heavy atom. The number of nitrogens with zero attached hydrogens (tertiary/aromatic N) is 1. The number of carbonyl (C=O) groups is 1. The molecule has 1 unspecified atom stereocenters. The summed E-state index contributed by atoms with van der Waals surface area (Å²) in [4.78, 5) is 15.7. The van der Waals surface area contributed by atoms with Crippen LogP contribution in [-0.2, 0) is 4.79 Å². The van der Waals surface area contributed by atoms with Crippen molar-refractivity contribution in [2.75, 3.05) is 0 Å². The zero-order chi connectivity index (χ0) is 14.4. The molecule has 102 valence electrons. The van der Waals surface area contributed by atoms with Gasteiger partial charge in [0.25, 0.3) is 0 Å². The van der Waals surface area contributed by atoms with Gasteiger partial charge in [-0.1, -0.05) is 18.2 Å². The molecule has 20 heavy (non-hydrogen) atoms. The molecule has 0 radical (unpaired) electrons. The molecule has 0 aliphatic rings. The third-order valence-electron chi connectivity index (χ3n) is 2.84. The highest BCUT2D eigenvalue weighted by atomic mass is 19.1. The summed E-state index contributed by atoms with van der Waals surface area (Å²) >= 11 is 0. The first-order valence-electron chi connectivity index (χ1n) is 6.29. The molecular formula is C16H15FN2O. The van der Waals surface area contributed by atoms with Gasteiger partial charge in [0.2, 0.25) is 5.91 Å². The first-order chi connectivity index (χ1) is 9.65. The molecule has 0 aliphatic heterocycles. The van der Waals surface area contributed by atoms with Gasteiger partial charge in [0.1, 0.15) is 5.82 Å². The zero-order valence-electron chi connectivity index (χ0n) is 11.1. The number of pyridine rings is 1. The van der Waals surface area contributed by atoms with Gasteiger partial charge in [-0.2, -0.15) is 0 Å². The summed E-state index contributed by atoms with van der Waals surface area (Å²) < 4.78 is 12.8. The van der Waals surface area contributed by atoms with Gasteiger partial charge in [0, 0.05) is 18.5 Å². The number of amides is 1. The summed E-state index contributed by atoms with van der Waals surface area (Å²) in [5.41, 5.74) is 1.71. The lowest BCUT2D eigenvalue weighted by Crippen LogP contribution is -2.24. The molecule has 1 amide bonds. The average Bonchev–Trinajstić information content (AvgIpc) is 2.47. The highest BCUT2D eigenvalue weighted by molar-refractivity contribution is 5.91. The van der Waals surface area contributed by atoms with Crippen LogP contribution in [0, 0.1) is 5.82 Å². The fraction of sp³-hybridized carbons (Fsp3) is 0.125. The second kappa shape index (κ2) is 6.61. The smallest absolute Gasteiger partial charge is 0.244 e. The molecular weight excluding hydrogens is 255 g/mol. The normalized spacial score (nSPS) is 12.3. The molecule has 3 nitrogen and oxygen atoms in total. The standard InChI is InChI=1S/C16H15FN2O/c1-12(14-5-7-15(17)8-6-14)19-16(20)9-4-13-3-2-10-18-11-13/h2-12H,1H3,(H,19,20)/b9-4+. The molecule has 1 atom stereocenters. The van der Waals surface area contributed by atoms with E-state index in [1.54, 1.807) is 36.7 Å². The summed E-state index contributed by atoms with van der Waals surface area (Å²) in [6, 6.07) is 9.56. The van der Waals surface area contributed by atoms with Crippen LogP contribution in [0.15, 0.2) is 54.9 Å². The lowest BCUT2D eigenvalue weighted by Gasteiger charge is -2.12. The molecule has 1 heterocycles. The topological polar surface area (TPSA) is 42.0 Å². The number of rotatable bonds is 4. The minimum atomic E-state index is -0.288. The van der Waals surface area contributed by atoms with Gasteiger partial charge in [-0.3, -0.25) is 9.78 Å². The number of hydrogen-bond donors (Lipinski definition) is 1. The van der Waals surface area contributed by atoms with E-state index in [0.29, 0.717) is 0 Å². The van der Waals surface area contributed by atoms with Crippen LogP contribution in [0.4, 0.5) is 4.39 Å². The van der Waals surface area contributed by atoms with E-state index in [9.17, 15) is 9.18 Å². The molecule has 0 saturated heterocycles. The first-order valence-corrected chi connectivity index (χ1v) is 6.29. The number of benzene rings is 1. The molecule has 0 fully saturated rings. The van der Waals surface area contributed by atoms with Crippen LogP contribution in [0.2, 0.25) is 0 Å². The minimum Gasteiger partial charge on any atom is -0.346 e. The molecule has 1 N–H and O–H groups in total. The van der Waals surface area contributed by atoms with Crippen molar-refractivity contribution in [3.8, 4) is 0 Å². The van der Waals surface area contributed by atoms with E-state index in [1.165, 1.54) is 18.2 Å². The first kappa shape index (κ1) is 13.9. The Morgan fingerprint density at radius 3 is 2.70 bits per heavy atom. The van der Waals surface area contributed by atoms with Crippen molar-refractivity contribution >= 4 is 12.0 Å². The Morgan fingerprint density at radius 2 is 2.05 bits per heavy atom. The zero-order valence-corrected chi connectivity index (χ0v) is 11.1.